The fourth-order valence-corrected chi connectivity index (χ4v) is 2.49. The highest BCUT2D eigenvalue weighted by molar-refractivity contribution is 6.35. The van der Waals surface area contributed by atoms with Gasteiger partial charge in [-0.2, -0.15) is 0 Å². The Hall–Kier alpha value is -2.24. The van der Waals surface area contributed by atoms with Gasteiger partial charge >= 0.3 is 5.97 Å². The van der Waals surface area contributed by atoms with Crippen molar-refractivity contribution in [2.75, 3.05) is 13.7 Å². The summed E-state index contributed by atoms with van der Waals surface area (Å²) in [7, 11) is 1.57. The van der Waals surface area contributed by atoms with Gasteiger partial charge in [-0.05, 0) is 35.4 Å². The van der Waals surface area contributed by atoms with Crippen molar-refractivity contribution in [3.63, 3.8) is 0 Å². The second kappa shape index (κ2) is 9.30. The number of carbonyl (C=O) groups is 2. The van der Waals surface area contributed by atoms with Crippen LogP contribution < -0.4 is 10.1 Å². The van der Waals surface area contributed by atoms with Crippen LogP contribution in [0.5, 0.6) is 5.75 Å². The number of methoxy groups -OCH3 is 1. The number of carbonyl (C=O) groups excluding carboxylic acids is 2. The Labute approximate surface area is 155 Å². The third-order valence-corrected chi connectivity index (χ3v) is 3.95. The van der Waals surface area contributed by atoms with Crippen molar-refractivity contribution in [3.8, 4) is 5.75 Å². The van der Waals surface area contributed by atoms with E-state index in [0.717, 1.165) is 11.1 Å². The van der Waals surface area contributed by atoms with Gasteiger partial charge in [-0.1, -0.05) is 41.4 Å². The summed E-state index contributed by atoms with van der Waals surface area (Å²) in [5.74, 6) is -0.184. The lowest BCUT2D eigenvalue weighted by Crippen LogP contribution is -2.28. The number of esters is 1. The molecule has 0 aromatic heterocycles. The summed E-state index contributed by atoms with van der Waals surface area (Å²) in [5, 5.41) is 3.62. The van der Waals surface area contributed by atoms with E-state index in [4.69, 9.17) is 32.7 Å². The summed E-state index contributed by atoms with van der Waals surface area (Å²) in [6, 6.07) is 12.0. The molecular formula is C18H17Cl2NO4. The molecule has 2 aromatic rings. The molecule has 0 radical (unpaired) electrons. The van der Waals surface area contributed by atoms with Gasteiger partial charge in [-0.15, -0.1) is 0 Å². The highest BCUT2D eigenvalue weighted by atomic mass is 35.5. The van der Waals surface area contributed by atoms with Crippen LogP contribution in [0.4, 0.5) is 0 Å². The number of hydrogen-bond acceptors (Lipinski definition) is 4. The van der Waals surface area contributed by atoms with Crippen molar-refractivity contribution in [2.45, 2.75) is 13.0 Å². The molecule has 0 aliphatic carbocycles. The largest absolute Gasteiger partial charge is 0.497 e. The molecule has 0 saturated carbocycles. The fraction of sp³-hybridized carbons (Fsp3) is 0.222. The summed E-state index contributed by atoms with van der Waals surface area (Å²) in [6.07, 6.45) is 0.0836. The van der Waals surface area contributed by atoms with E-state index in [1.54, 1.807) is 49.6 Å². The maximum atomic E-state index is 11.8. The summed E-state index contributed by atoms with van der Waals surface area (Å²) < 4.78 is 10.0. The average Bonchev–Trinajstić information content (AvgIpc) is 2.60. The molecule has 7 heteroatoms. The summed E-state index contributed by atoms with van der Waals surface area (Å²) >= 11 is 11.8. The minimum Gasteiger partial charge on any atom is -0.497 e. The third-order valence-electron chi connectivity index (χ3n) is 3.36. The maximum Gasteiger partial charge on any atom is 0.310 e. The Balaban J connectivity index is 1.74. The first-order chi connectivity index (χ1) is 12.0. The zero-order valence-corrected chi connectivity index (χ0v) is 15.1. The van der Waals surface area contributed by atoms with Crippen LogP contribution in [0.15, 0.2) is 42.5 Å². The van der Waals surface area contributed by atoms with E-state index in [-0.39, 0.29) is 19.6 Å². The molecule has 0 spiro atoms. The quantitative estimate of drug-likeness (QED) is 0.746. The molecule has 0 heterocycles. The summed E-state index contributed by atoms with van der Waals surface area (Å²) in [4.78, 5) is 23.5. The number of hydrogen-bond donors (Lipinski definition) is 1. The van der Waals surface area contributed by atoms with E-state index in [1.807, 2.05) is 0 Å². The lowest BCUT2D eigenvalue weighted by Gasteiger charge is -2.08. The molecule has 0 fully saturated rings. The van der Waals surface area contributed by atoms with Crippen LogP contribution >= 0.6 is 23.2 Å². The van der Waals surface area contributed by atoms with Crippen molar-refractivity contribution in [1.29, 1.82) is 0 Å². The van der Waals surface area contributed by atoms with Crippen molar-refractivity contribution in [3.05, 3.63) is 63.6 Å². The van der Waals surface area contributed by atoms with Gasteiger partial charge < -0.3 is 14.8 Å². The topological polar surface area (TPSA) is 64.6 Å². The lowest BCUT2D eigenvalue weighted by atomic mass is 10.1. The minimum absolute atomic E-state index is 0.0836. The van der Waals surface area contributed by atoms with E-state index in [1.165, 1.54) is 0 Å². The van der Waals surface area contributed by atoms with Crippen LogP contribution in [-0.4, -0.2) is 25.6 Å². The second-order valence-corrected chi connectivity index (χ2v) is 6.04. The van der Waals surface area contributed by atoms with Crippen LogP contribution in [0.2, 0.25) is 10.0 Å². The van der Waals surface area contributed by atoms with Crippen molar-refractivity contribution >= 4 is 35.1 Å². The van der Waals surface area contributed by atoms with Crippen molar-refractivity contribution in [1.82, 2.24) is 5.32 Å². The van der Waals surface area contributed by atoms with E-state index >= 15 is 0 Å². The fourth-order valence-electron chi connectivity index (χ4n) is 2.02. The number of benzene rings is 2. The Kier molecular flexibility index (Phi) is 7.10. The monoisotopic (exact) mass is 381 g/mol. The van der Waals surface area contributed by atoms with E-state index in [2.05, 4.69) is 5.32 Å². The molecule has 2 rings (SSSR count). The van der Waals surface area contributed by atoms with Crippen molar-refractivity contribution in [2.24, 2.45) is 0 Å². The van der Waals surface area contributed by atoms with Gasteiger partial charge in [0.2, 0.25) is 0 Å². The third kappa shape index (κ3) is 6.29. The first-order valence-corrected chi connectivity index (χ1v) is 8.22. The van der Waals surface area contributed by atoms with Gasteiger partial charge in [-0.3, -0.25) is 9.59 Å². The number of nitrogens with one attached hydrogen (secondary N) is 1. The molecule has 25 heavy (non-hydrogen) atoms. The average molecular weight is 382 g/mol. The molecule has 1 amide bonds. The van der Waals surface area contributed by atoms with Gasteiger partial charge in [0, 0.05) is 16.6 Å². The van der Waals surface area contributed by atoms with E-state index < -0.39 is 11.9 Å². The number of halogens is 2. The highest BCUT2D eigenvalue weighted by Gasteiger charge is 2.09. The first kappa shape index (κ1) is 19.1. The van der Waals surface area contributed by atoms with Crippen LogP contribution in [0.1, 0.15) is 11.1 Å². The Morgan fingerprint density at radius 2 is 1.80 bits per heavy atom. The maximum absolute atomic E-state index is 11.8. The van der Waals surface area contributed by atoms with Crippen LogP contribution in [0.3, 0.4) is 0 Å². The lowest BCUT2D eigenvalue weighted by molar-refractivity contribution is -0.147. The van der Waals surface area contributed by atoms with Gasteiger partial charge in [-0.25, -0.2) is 0 Å². The van der Waals surface area contributed by atoms with Gasteiger partial charge in [0.1, 0.15) is 5.75 Å². The normalized spacial score (nSPS) is 10.2. The van der Waals surface area contributed by atoms with Gasteiger partial charge in [0.15, 0.2) is 6.61 Å². The summed E-state index contributed by atoms with van der Waals surface area (Å²) in [6.45, 7) is -0.120. The molecule has 0 aliphatic rings. The first-order valence-electron chi connectivity index (χ1n) is 7.47. The molecular weight excluding hydrogens is 365 g/mol. The molecule has 132 valence electrons. The molecule has 0 atom stereocenters. The van der Waals surface area contributed by atoms with Crippen LogP contribution in [0.25, 0.3) is 0 Å². The van der Waals surface area contributed by atoms with Gasteiger partial charge in [0.05, 0.1) is 13.5 Å². The Morgan fingerprint density at radius 1 is 1.08 bits per heavy atom. The molecule has 5 nitrogen and oxygen atoms in total. The predicted molar refractivity (Wildman–Crippen MR) is 96.0 cm³/mol. The van der Waals surface area contributed by atoms with E-state index in [9.17, 15) is 9.59 Å². The minimum atomic E-state index is -0.482. The van der Waals surface area contributed by atoms with Crippen molar-refractivity contribution < 1.29 is 19.1 Å². The van der Waals surface area contributed by atoms with Crippen LogP contribution in [-0.2, 0) is 27.3 Å². The molecule has 0 saturated heterocycles. The molecule has 0 bridgehead atoms. The number of ether oxygens (including phenoxy) is 2. The highest BCUT2D eigenvalue weighted by Crippen LogP contribution is 2.20. The zero-order valence-electron chi connectivity index (χ0n) is 13.6. The SMILES string of the molecule is COc1ccc(CC(=O)OCC(=O)NCc2ccc(Cl)cc2Cl)cc1. The smallest absolute Gasteiger partial charge is 0.310 e. The summed E-state index contributed by atoms with van der Waals surface area (Å²) in [5.41, 5.74) is 1.50. The molecule has 2 aromatic carbocycles. The predicted octanol–water partition coefficient (Wildman–Crippen LogP) is 3.40. The Morgan fingerprint density at radius 3 is 2.44 bits per heavy atom. The van der Waals surface area contributed by atoms with Gasteiger partial charge in [0.25, 0.3) is 5.91 Å². The van der Waals surface area contributed by atoms with E-state index in [0.29, 0.717) is 15.8 Å². The standard InChI is InChI=1S/C18H17Cl2NO4/c1-24-15-6-2-12(3-7-15)8-18(23)25-11-17(22)21-10-13-4-5-14(19)9-16(13)20/h2-7,9H,8,10-11H2,1H3,(H,21,22). The number of rotatable bonds is 7. The number of amides is 1. The Bertz CT molecular complexity index is 747. The molecule has 1 N–H and O–H groups in total. The second-order valence-electron chi connectivity index (χ2n) is 5.20. The molecule has 0 aliphatic heterocycles. The zero-order chi connectivity index (χ0) is 18.2. The van der Waals surface area contributed by atoms with Crippen LogP contribution in [0, 0.1) is 0 Å². The molecule has 0 unspecified atom stereocenters.